The maximum atomic E-state index is 12.0. The Hall–Kier alpha value is -1.37. The van der Waals surface area contributed by atoms with Crippen LogP contribution in [0, 0.1) is 0 Å². The molecule has 2 rings (SSSR count). The summed E-state index contributed by atoms with van der Waals surface area (Å²) in [5.41, 5.74) is -0.613. The number of carbonyl (C=O) groups is 1. The number of hydrogen-bond donors (Lipinski definition) is 1. The van der Waals surface area contributed by atoms with Gasteiger partial charge < -0.3 is 9.88 Å². The van der Waals surface area contributed by atoms with Gasteiger partial charge in [0.2, 0.25) is 5.91 Å². The molecule has 6 nitrogen and oxygen atoms in total. The second-order valence-electron chi connectivity index (χ2n) is 5.59. The molecule has 1 unspecified atom stereocenters. The minimum absolute atomic E-state index is 0.0387. The third-order valence-corrected chi connectivity index (χ3v) is 5.55. The van der Waals surface area contributed by atoms with Crippen LogP contribution in [0.1, 0.15) is 32.5 Å². The normalized spacial score (nSPS) is 24.7. The number of imidazole rings is 1. The first-order valence-electron chi connectivity index (χ1n) is 6.85. The molecule has 0 aromatic carbocycles. The van der Waals surface area contributed by atoms with E-state index in [9.17, 15) is 13.2 Å². The summed E-state index contributed by atoms with van der Waals surface area (Å²) >= 11 is 0. The van der Waals surface area contributed by atoms with Gasteiger partial charge in [0, 0.05) is 31.8 Å². The van der Waals surface area contributed by atoms with E-state index in [0.717, 1.165) is 12.2 Å². The van der Waals surface area contributed by atoms with Gasteiger partial charge in [-0.15, -0.1) is 0 Å². The molecule has 1 aliphatic heterocycles. The Bertz CT molecular complexity index is 594. The second-order valence-corrected chi connectivity index (χ2v) is 7.78. The van der Waals surface area contributed by atoms with Crippen molar-refractivity contribution >= 4 is 15.7 Å². The fraction of sp³-hybridized carbons (Fsp3) is 0.692. The monoisotopic (exact) mass is 299 g/mol. The summed E-state index contributed by atoms with van der Waals surface area (Å²) in [5.74, 6) is 1.04. The molecule has 2 heterocycles. The molecule has 1 saturated heterocycles. The Kier molecular flexibility index (Phi) is 4.17. The number of hydrogen-bond acceptors (Lipinski definition) is 4. The van der Waals surface area contributed by atoms with Crippen LogP contribution in [0.5, 0.6) is 0 Å². The third-order valence-electron chi connectivity index (χ3n) is 3.64. The van der Waals surface area contributed by atoms with Crippen molar-refractivity contribution in [3.63, 3.8) is 0 Å². The highest BCUT2D eigenvalue weighted by Gasteiger charge is 2.39. The quantitative estimate of drug-likeness (QED) is 0.860. The van der Waals surface area contributed by atoms with E-state index in [1.54, 1.807) is 13.1 Å². The topological polar surface area (TPSA) is 81.1 Å². The molecule has 0 aliphatic carbocycles. The molecule has 1 aromatic rings. The second kappa shape index (κ2) is 5.55. The van der Waals surface area contributed by atoms with Crippen molar-refractivity contribution in [2.24, 2.45) is 0 Å². The van der Waals surface area contributed by atoms with Crippen LogP contribution in [0.25, 0.3) is 0 Å². The predicted molar refractivity (Wildman–Crippen MR) is 76.0 cm³/mol. The van der Waals surface area contributed by atoms with Crippen molar-refractivity contribution in [1.82, 2.24) is 14.9 Å². The molecular weight excluding hydrogens is 278 g/mol. The van der Waals surface area contributed by atoms with E-state index in [0.29, 0.717) is 19.4 Å². The molecule has 1 aromatic heterocycles. The van der Waals surface area contributed by atoms with Crippen molar-refractivity contribution in [2.45, 2.75) is 45.2 Å². The number of nitrogens with one attached hydrogen (secondary N) is 1. The first kappa shape index (κ1) is 15.0. The van der Waals surface area contributed by atoms with Gasteiger partial charge in [0.25, 0.3) is 0 Å². The molecule has 112 valence electrons. The van der Waals surface area contributed by atoms with Gasteiger partial charge in [-0.3, -0.25) is 4.79 Å². The number of carbonyl (C=O) groups excluding carboxylic acids is 1. The van der Waals surface area contributed by atoms with Gasteiger partial charge in [0.05, 0.1) is 17.0 Å². The lowest BCUT2D eigenvalue weighted by molar-refractivity contribution is -0.122. The van der Waals surface area contributed by atoms with Gasteiger partial charge in [0.1, 0.15) is 5.82 Å². The van der Waals surface area contributed by atoms with Gasteiger partial charge >= 0.3 is 0 Å². The van der Waals surface area contributed by atoms with E-state index in [-0.39, 0.29) is 17.4 Å². The van der Waals surface area contributed by atoms with E-state index in [1.807, 2.05) is 17.7 Å². The van der Waals surface area contributed by atoms with Crippen LogP contribution < -0.4 is 5.32 Å². The number of rotatable bonds is 5. The Balaban J connectivity index is 1.87. The lowest BCUT2D eigenvalue weighted by atomic mass is 10.0. The van der Waals surface area contributed by atoms with Gasteiger partial charge in [-0.2, -0.15) is 0 Å². The number of sulfone groups is 1. The molecule has 1 N–H and O–H groups in total. The van der Waals surface area contributed by atoms with E-state index in [1.165, 1.54) is 0 Å². The van der Waals surface area contributed by atoms with Crippen LogP contribution in [0.4, 0.5) is 0 Å². The van der Waals surface area contributed by atoms with Gasteiger partial charge in [0.15, 0.2) is 9.84 Å². The smallest absolute Gasteiger partial charge is 0.222 e. The number of aromatic nitrogens is 2. The summed E-state index contributed by atoms with van der Waals surface area (Å²) in [4.78, 5) is 16.2. The van der Waals surface area contributed by atoms with E-state index in [2.05, 4.69) is 10.3 Å². The average Bonchev–Trinajstić information content (AvgIpc) is 2.90. The number of aryl methyl sites for hydroxylation is 2. The van der Waals surface area contributed by atoms with E-state index in [4.69, 9.17) is 0 Å². The van der Waals surface area contributed by atoms with E-state index < -0.39 is 15.4 Å². The Morgan fingerprint density at radius 2 is 2.30 bits per heavy atom. The minimum atomic E-state index is -3.00. The summed E-state index contributed by atoms with van der Waals surface area (Å²) in [6, 6.07) is 0. The lowest BCUT2D eigenvalue weighted by Gasteiger charge is -2.24. The van der Waals surface area contributed by atoms with Gasteiger partial charge in [-0.1, -0.05) is 6.92 Å². The number of nitrogens with zero attached hydrogens (tertiary/aromatic N) is 2. The fourth-order valence-corrected chi connectivity index (χ4v) is 4.68. The molecule has 20 heavy (non-hydrogen) atoms. The maximum Gasteiger partial charge on any atom is 0.222 e. The van der Waals surface area contributed by atoms with Gasteiger partial charge in [-0.05, 0) is 13.3 Å². The molecule has 1 amide bonds. The summed E-state index contributed by atoms with van der Waals surface area (Å²) in [7, 11) is -3.00. The Labute approximate surface area is 119 Å². The zero-order valence-corrected chi connectivity index (χ0v) is 12.7. The van der Waals surface area contributed by atoms with Crippen LogP contribution in [0.3, 0.4) is 0 Å². The molecule has 0 radical (unpaired) electrons. The highest BCUT2D eigenvalue weighted by atomic mass is 32.2. The van der Waals surface area contributed by atoms with Crippen LogP contribution in [-0.4, -0.2) is 40.9 Å². The predicted octanol–water partition coefficient (Wildman–Crippen LogP) is 0.529. The molecule has 7 heteroatoms. The molecule has 1 aliphatic rings. The van der Waals surface area contributed by atoms with Crippen LogP contribution in [0.15, 0.2) is 12.4 Å². The standard InChI is InChI=1S/C13H21N3O3S/c1-3-11-14-6-8-16(11)7-4-12(17)15-13(2)5-9-20(18,19)10-13/h6,8H,3-5,7,9-10H2,1-2H3,(H,15,17). The summed E-state index contributed by atoms with van der Waals surface area (Å²) in [6.07, 6.45) is 5.23. The molecule has 1 fully saturated rings. The van der Waals surface area contributed by atoms with Crippen molar-refractivity contribution in [2.75, 3.05) is 11.5 Å². The summed E-state index contributed by atoms with van der Waals surface area (Å²) < 4.78 is 24.9. The van der Waals surface area contributed by atoms with Crippen LogP contribution in [0.2, 0.25) is 0 Å². The molecule has 0 saturated carbocycles. The summed E-state index contributed by atoms with van der Waals surface area (Å²) in [5, 5.41) is 2.86. The third kappa shape index (κ3) is 3.59. The zero-order chi connectivity index (χ0) is 14.8. The molecular formula is C13H21N3O3S. The van der Waals surface area contributed by atoms with E-state index >= 15 is 0 Å². The highest BCUT2D eigenvalue weighted by molar-refractivity contribution is 7.91. The number of amides is 1. The largest absolute Gasteiger partial charge is 0.350 e. The lowest BCUT2D eigenvalue weighted by Crippen LogP contribution is -2.47. The maximum absolute atomic E-state index is 12.0. The first-order chi connectivity index (χ1) is 9.34. The summed E-state index contributed by atoms with van der Waals surface area (Å²) in [6.45, 7) is 4.38. The molecule has 0 bridgehead atoms. The van der Waals surface area contributed by atoms with Crippen LogP contribution in [-0.2, 0) is 27.6 Å². The fourth-order valence-electron chi connectivity index (χ4n) is 2.59. The molecule has 1 atom stereocenters. The zero-order valence-electron chi connectivity index (χ0n) is 11.9. The Morgan fingerprint density at radius 3 is 2.90 bits per heavy atom. The van der Waals surface area contributed by atoms with Crippen molar-refractivity contribution in [1.29, 1.82) is 0 Å². The van der Waals surface area contributed by atoms with Crippen molar-refractivity contribution < 1.29 is 13.2 Å². The average molecular weight is 299 g/mol. The van der Waals surface area contributed by atoms with Gasteiger partial charge in [-0.25, -0.2) is 13.4 Å². The minimum Gasteiger partial charge on any atom is -0.350 e. The van der Waals surface area contributed by atoms with Crippen molar-refractivity contribution in [3.8, 4) is 0 Å². The molecule has 0 spiro atoms. The Morgan fingerprint density at radius 1 is 1.55 bits per heavy atom. The van der Waals surface area contributed by atoms with Crippen LogP contribution >= 0.6 is 0 Å². The SMILES string of the molecule is CCc1nccn1CCC(=O)NC1(C)CCS(=O)(=O)C1. The van der Waals surface area contributed by atoms with Crippen molar-refractivity contribution in [3.05, 3.63) is 18.2 Å². The first-order valence-corrected chi connectivity index (χ1v) is 8.67. The highest BCUT2D eigenvalue weighted by Crippen LogP contribution is 2.22.